The van der Waals surface area contributed by atoms with E-state index >= 15 is 0 Å². The number of ether oxygens (including phenoxy) is 1. The minimum absolute atomic E-state index is 0.0402. The van der Waals surface area contributed by atoms with Crippen molar-refractivity contribution >= 4 is 12.1 Å². The molecule has 0 spiro atoms. The first-order valence-corrected chi connectivity index (χ1v) is 7.84. The van der Waals surface area contributed by atoms with Crippen LogP contribution >= 0.6 is 0 Å². The van der Waals surface area contributed by atoms with Crippen LogP contribution in [0.3, 0.4) is 0 Å². The van der Waals surface area contributed by atoms with Gasteiger partial charge in [-0.05, 0) is 42.5 Å². The van der Waals surface area contributed by atoms with Gasteiger partial charge in [0.05, 0.1) is 0 Å². The van der Waals surface area contributed by atoms with E-state index in [0.29, 0.717) is 5.75 Å². The van der Waals surface area contributed by atoms with E-state index in [2.05, 4.69) is 29.6 Å². The van der Waals surface area contributed by atoms with Gasteiger partial charge in [0.1, 0.15) is 5.75 Å². The van der Waals surface area contributed by atoms with E-state index < -0.39 is 0 Å². The van der Waals surface area contributed by atoms with Crippen LogP contribution in [0.25, 0.3) is 0 Å². The van der Waals surface area contributed by atoms with Crippen LogP contribution in [0.5, 0.6) is 5.75 Å². The Bertz CT molecular complexity index is 622. The lowest BCUT2D eigenvalue weighted by atomic mass is 10.1. The average Bonchev–Trinajstić information content (AvgIpc) is 2.61. The van der Waals surface area contributed by atoms with E-state index in [-0.39, 0.29) is 12.5 Å². The third-order valence-corrected chi connectivity index (χ3v) is 3.39. The summed E-state index contributed by atoms with van der Waals surface area (Å²) in [5.74, 6) is 0.422. The minimum Gasteiger partial charge on any atom is -0.484 e. The maximum atomic E-state index is 11.6. The van der Waals surface area contributed by atoms with Crippen molar-refractivity contribution in [2.75, 3.05) is 6.61 Å². The Hall–Kier alpha value is -2.62. The number of benzene rings is 2. The number of hydrogen-bond acceptors (Lipinski definition) is 3. The van der Waals surface area contributed by atoms with Crippen molar-refractivity contribution in [1.82, 2.24) is 5.43 Å². The fourth-order valence-corrected chi connectivity index (χ4v) is 2.06. The molecule has 4 heteroatoms. The largest absolute Gasteiger partial charge is 0.484 e. The molecule has 23 heavy (non-hydrogen) atoms. The zero-order valence-electron chi connectivity index (χ0n) is 13.4. The first-order valence-electron chi connectivity index (χ1n) is 7.84. The summed E-state index contributed by atoms with van der Waals surface area (Å²) in [5, 5.41) is 3.92. The van der Waals surface area contributed by atoms with Gasteiger partial charge in [-0.25, -0.2) is 5.43 Å². The fourth-order valence-electron chi connectivity index (χ4n) is 2.06. The SMILES string of the molecule is CCc1ccc(OCC(=O)N/N=C\CCc2ccccc2)cc1. The Balaban J connectivity index is 1.63. The third kappa shape index (κ3) is 6.34. The second kappa shape index (κ2) is 9.41. The molecule has 4 nitrogen and oxygen atoms in total. The summed E-state index contributed by atoms with van der Waals surface area (Å²) in [6.07, 6.45) is 4.38. The van der Waals surface area contributed by atoms with Gasteiger partial charge in [-0.2, -0.15) is 5.10 Å². The summed E-state index contributed by atoms with van der Waals surface area (Å²) >= 11 is 0. The molecule has 0 aromatic heterocycles. The molecule has 0 aliphatic rings. The molecule has 2 rings (SSSR count). The number of nitrogens with one attached hydrogen (secondary N) is 1. The van der Waals surface area contributed by atoms with Crippen molar-refractivity contribution in [3.63, 3.8) is 0 Å². The molecule has 120 valence electrons. The van der Waals surface area contributed by atoms with Crippen LogP contribution in [0.2, 0.25) is 0 Å². The number of amides is 1. The Morgan fingerprint density at radius 3 is 2.52 bits per heavy atom. The molecule has 0 aliphatic heterocycles. The molecule has 0 saturated carbocycles. The standard InChI is InChI=1S/C19H22N2O2/c1-2-16-10-12-18(13-11-16)23-15-19(22)21-20-14-6-9-17-7-4-3-5-8-17/h3-5,7-8,10-14H,2,6,9,15H2,1H3,(H,21,22)/b20-14-. The molecule has 0 heterocycles. The van der Waals surface area contributed by atoms with E-state index in [4.69, 9.17) is 4.74 Å². The zero-order valence-corrected chi connectivity index (χ0v) is 13.4. The topological polar surface area (TPSA) is 50.7 Å². The molecule has 1 N–H and O–H groups in total. The van der Waals surface area contributed by atoms with Crippen LogP contribution in [-0.4, -0.2) is 18.7 Å². The predicted molar refractivity (Wildman–Crippen MR) is 92.7 cm³/mol. The van der Waals surface area contributed by atoms with Crippen LogP contribution in [0.15, 0.2) is 59.7 Å². The molecule has 1 amide bonds. The Morgan fingerprint density at radius 2 is 1.83 bits per heavy atom. The number of carbonyl (C=O) groups is 1. The second-order valence-electron chi connectivity index (χ2n) is 5.16. The zero-order chi connectivity index (χ0) is 16.3. The van der Waals surface area contributed by atoms with E-state index in [1.54, 1.807) is 6.21 Å². The van der Waals surface area contributed by atoms with E-state index in [0.717, 1.165) is 19.3 Å². The molecule has 0 saturated heterocycles. The van der Waals surface area contributed by atoms with Crippen LogP contribution in [0.1, 0.15) is 24.5 Å². The molecular formula is C19H22N2O2. The number of carbonyl (C=O) groups excluding carboxylic acids is 1. The van der Waals surface area contributed by atoms with E-state index in [9.17, 15) is 4.79 Å². The number of hydrogen-bond donors (Lipinski definition) is 1. The van der Waals surface area contributed by atoms with Crippen LogP contribution in [0.4, 0.5) is 0 Å². The van der Waals surface area contributed by atoms with Gasteiger partial charge < -0.3 is 4.74 Å². The smallest absolute Gasteiger partial charge is 0.277 e. The maximum Gasteiger partial charge on any atom is 0.277 e. The maximum absolute atomic E-state index is 11.6. The van der Waals surface area contributed by atoms with E-state index in [1.165, 1.54) is 11.1 Å². The quantitative estimate of drug-likeness (QED) is 0.600. The molecule has 2 aromatic rings. The summed E-state index contributed by atoms with van der Waals surface area (Å²) in [5.41, 5.74) is 4.96. The first-order chi connectivity index (χ1) is 11.3. The van der Waals surface area contributed by atoms with Gasteiger partial charge in [-0.1, -0.05) is 49.4 Å². The van der Waals surface area contributed by atoms with Crippen molar-refractivity contribution in [2.45, 2.75) is 26.2 Å². The number of rotatable bonds is 8. The van der Waals surface area contributed by atoms with Gasteiger partial charge in [-0.15, -0.1) is 0 Å². The molecule has 0 bridgehead atoms. The summed E-state index contributed by atoms with van der Waals surface area (Å²) in [7, 11) is 0. The van der Waals surface area contributed by atoms with Crippen molar-refractivity contribution in [3.8, 4) is 5.75 Å². The third-order valence-electron chi connectivity index (χ3n) is 3.39. The Morgan fingerprint density at radius 1 is 1.09 bits per heavy atom. The van der Waals surface area contributed by atoms with E-state index in [1.807, 2.05) is 42.5 Å². The lowest BCUT2D eigenvalue weighted by molar-refractivity contribution is -0.123. The monoisotopic (exact) mass is 310 g/mol. The minimum atomic E-state index is -0.263. The highest BCUT2D eigenvalue weighted by Crippen LogP contribution is 2.12. The summed E-state index contributed by atoms with van der Waals surface area (Å²) < 4.78 is 5.41. The van der Waals surface area contributed by atoms with Gasteiger partial charge in [0.2, 0.25) is 0 Å². The Labute approximate surface area is 137 Å². The van der Waals surface area contributed by atoms with Gasteiger partial charge in [-0.3, -0.25) is 4.79 Å². The lowest BCUT2D eigenvalue weighted by Crippen LogP contribution is -2.24. The molecule has 2 aromatic carbocycles. The van der Waals surface area contributed by atoms with Crippen LogP contribution in [0, 0.1) is 0 Å². The Kier molecular flexibility index (Phi) is 6.85. The average molecular weight is 310 g/mol. The lowest BCUT2D eigenvalue weighted by Gasteiger charge is -2.05. The predicted octanol–water partition coefficient (Wildman–Crippen LogP) is 3.36. The second-order valence-corrected chi connectivity index (χ2v) is 5.16. The molecule has 0 radical (unpaired) electrons. The molecule has 0 fully saturated rings. The highest BCUT2D eigenvalue weighted by molar-refractivity contribution is 5.78. The first kappa shape index (κ1) is 16.7. The summed E-state index contributed by atoms with van der Waals surface area (Å²) in [6, 6.07) is 17.9. The fraction of sp³-hybridized carbons (Fsp3) is 0.263. The van der Waals surface area contributed by atoms with Gasteiger partial charge in [0.15, 0.2) is 6.61 Å². The number of aryl methyl sites for hydroxylation is 2. The summed E-state index contributed by atoms with van der Waals surface area (Å²) in [4.78, 5) is 11.6. The number of nitrogens with zero attached hydrogens (tertiary/aromatic N) is 1. The summed E-state index contributed by atoms with van der Waals surface area (Å²) in [6.45, 7) is 2.06. The van der Waals surface area contributed by atoms with Crippen molar-refractivity contribution < 1.29 is 9.53 Å². The normalized spacial score (nSPS) is 10.7. The van der Waals surface area contributed by atoms with Crippen molar-refractivity contribution in [3.05, 3.63) is 65.7 Å². The van der Waals surface area contributed by atoms with Crippen molar-refractivity contribution in [2.24, 2.45) is 5.10 Å². The van der Waals surface area contributed by atoms with Crippen LogP contribution < -0.4 is 10.2 Å². The molecule has 0 unspecified atom stereocenters. The highest BCUT2D eigenvalue weighted by Gasteiger charge is 2.01. The molecule has 0 aliphatic carbocycles. The van der Waals surface area contributed by atoms with Gasteiger partial charge >= 0.3 is 0 Å². The van der Waals surface area contributed by atoms with Crippen LogP contribution in [-0.2, 0) is 17.6 Å². The highest BCUT2D eigenvalue weighted by atomic mass is 16.5. The van der Waals surface area contributed by atoms with Gasteiger partial charge in [0, 0.05) is 6.21 Å². The van der Waals surface area contributed by atoms with Crippen molar-refractivity contribution in [1.29, 1.82) is 0 Å². The molecule has 0 atom stereocenters. The van der Waals surface area contributed by atoms with Gasteiger partial charge in [0.25, 0.3) is 5.91 Å². The number of hydrazone groups is 1. The molecular weight excluding hydrogens is 288 g/mol.